The summed E-state index contributed by atoms with van der Waals surface area (Å²) in [6.07, 6.45) is 1.66. The molecular weight excluding hydrogens is 236 g/mol. The Hall–Kier alpha value is -1.75. The summed E-state index contributed by atoms with van der Waals surface area (Å²) in [4.78, 5) is 19.9. The highest BCUT2D eigenvalue weighted by Crippen LogP contribution is 2.25. The number of aromatic nitrogens is 2. The molecule has 2 aromatic heterocycles. The maximum Gasteiger partial charge on any atom is 0.356 e. The molecule has 0 aliphatic rings. The number of hydrogen-bond donors (Lipinski definition) is 0. The van der Waals surface area contributed by atoms with Gasteiger partial charge in [-0.1, -0.05) is 0 Å². The smallest absolute Gasteiger partial charge is 0.356 e. The number of pyridine rings is 1. The zero-order valence-corrected chi connectivity index (χ0v) is 10.7. The molecule has 0 radical (unpaired) electrons. The lowest BCUT2D eigenvalue weighted by molar-refractivity contribution is 0.0594. The van der Waals surface area contributed by atoms with E-state index in [1.54, 1.807) is 23.6 Å². The van der Waals surface area contributed by atoms with Gasteiger partial charge in [0.1, 0.15) is 5.69 Å². The van der Waals surface area contributed by atoms with Crippen molar-refractivity contribution in [3.63, 3.8) is 0 Å². The van der Waals surface area contributed by atoms with Gasteiger partial charge in [-0.2, -0.15) is 0 Å². The molecule has 2 heterocycles. The van der Waals surface area contributed by atoms with E-state index in [-0.39, 0.29) is 0 Å². The normalized spacial score (nSPS) is 10.3. The third-order valence-corrected chi connectivity index (χ3v) is 3.17. The van der Waals surface area contributed by atoms with Gasteiger partial charge in [-0.15, -0.1) is 11.3 Å². The molecule has 0 fully saturated rings. The number of rotatable bonds is 2. The van der Waals surface area contributed by atoms with Crippen molar-refractivity contribution >= 4 is 17.3 Å². The molecular formula is C12H12N2O2S. The summed E-state index contributed by atoms with van der Waals surface area (Å²) in [6, 6.07) is 1.72. The highest BCUT2D eigenvalue weighted by Gasteiger charge is 2.12. The molecule has 5 heteroatoms. The van der Waals surface area contributed by atoms with E-state index in [2.05, 4.69) is 14.7 Å². The van der Waals surface area contributed by atoms with Crippen molar-refractivity contribution in [2.24, 2.45) is 0 Å². The van der Waals surface area contributed by atoms with E-state index in [0.29, 0.717) is 5.69 Å². The van der Waals surface area contributed by atoms with Gasteiger partial charge in [0.05, 0.1) is 17.8 Å². The third-order valence-electron chi connectivity index (χ3n) is 2.39. The van der Waals surface area contributed by atoms with E-state index >= 15 is 0 Å². The number of ether oxygens (including phenoxy) is 1. The number of thiazole rings is 1. The fourth-order valence-electron chi connectivity index (χ4n) is 1.50. The molecule has 2 rings (SSSR count). The van der Waals surface area contributed by atoms with Crippen LogP contribution in [0.4, 0.5) is 0 Å². The minimum Gasteiger partial charge on any atom is -0.464 e. The van der Waals surface area contributed by atoms with Gasteiger partial charge < -0.3 is 4.74 Å². The van der Waals surface area contributed by atoms with Crippen LogP contribution < -0.4 is 0 Å². The molecule has 0 aliphatic carbocycles. The van der Waals surface area contributed by atoms with Crippen molar-refractivity contribution in [2.75, 3.05) is 7.11 Å². The molecule has 88 valence electrons. The van der Waals surface area contributed by atoms with E-state index in [1.165, 1.54) is 7.11 Å². The molecule has 0 bridgehead atoms. The minimum atomic E-state index is -0.432. The highest BCUT2D eigenvalue weighted by molar-refractivity contribution is 7.09. The fraction of sp³-hybridized carbons (Fsp3) is 0.250. The minimum absolute atomic E-state index is 0.304. The first-order valence-corrected chi connectivity index (χ1v) is 5.97. The molecule has 0 unspecified atom stereocenters. The number of carbonyl (C=O) groups excluding carboxylic acids is 1. The number of nitrogens with zero attached hydrogens (tertiary/aromatic N) is 2. The number of esters is 1. The summed E-state index contributed by atoms with van der Waals surface area (Å²) < 4.78 is 4.65. The van der Waals surface area contributed by atoms with Crippen molar-refractivity contribution in [1.82, 2.24) is 9.97 Å². The van der Waals surface area contributed by atoms with Gasteiger partial charge in [0.15, 0.2) is 0 Å². The predicted octanol–water partition coefficient (Wildman–Crippen LogP) is 2.61. The molecule has 0 aliphatic heterocycles. The Kier molecular flexibility index (Phi) is 3.19. The molecule has 0 spiro atoms. The Balaban J connectivity index is 2.49. The van der Waals surface area contributed by atoms with E-state index < -0.39 is 5.97 Å². The quantitative estimate of drug-likeness (QED) is 0.766. The van der Waals surface area contributed by atoms with Gasteiger partial charge in [-0.25, -0.2) is 14.8 Å². The first kappa shape index (κ1) is 11.7. The van der Waals surface area contributed by atoms with Crippen molar-refractivity contribution < 1.29 is 9.53 Å². The van der Waals surface area contributed by atoms with Gasteiger partial charge in [-0.3, -0.25) is 0 Å². The number of carbonyl (C=O) groups is 1. The van der Waals surface area contributed by atoms with Gasteiger partial charge in [-0.05, 0) is 25.5 Å². The summed E-state index contributed by atoms with van der Waals surface area (Å²) in [7, 11) is 1.34. The first-order valence-electron chi connectivity index (χ1n) is 5.09. The average molecular weight is 248 g/mol. The van der Waals surface area contributed by atoms with Crippen LogP contribution in [0.3, 0.4) is 0 Å². The Labute approximate surface area is 103 Å². The van der Waals surface area contributed by atoms with Gasteiger partial charge in [0.25, 0.3) is 0 Å². The van der Waals surface area contributed by atoms with Crippen LogP contribution in [0.25, 0.3) is 11.3 Å². The monoisotopic (exact) mass is 248 g/mol. The Bertz CT molecular complexity index is 563. The van der Waals surface area contributed by atoms with Gasteiger partial charge >= 0.3 is 5.97 Å². The number of aryl methyl sites for hydroxylation is 2. The molecule has 0 aromatic carbocycles. The van der Waals surface area contributed by atoms with Crippen LogP contribution in [0.15, 0.2) is 17.6 Å². The lowest BCUT2D eigenvalue weighted by Crippen LogP contribution is -2.04. The summed E-state index contributed by atoms with van der Waals surface area (Å²) in [5, 5.41) is 2.97. The van der Waals surface area contributed by atoms with Crippen LogP contribution in [0.1, 0.15) is 21.1 Å². The van der Waals surface area contributed by atoms with Crippen LogP contribution in [0.5, 0.6) is 0 Å². The van der Waals surface area contributed by atoms with Crippen LogP contribution in [-0.4, -0.2) is 23.0 Å². The van der Waals surface area contributed by atoms with E-state index in [1.807, 2.05) is 19.2 Å². The molecule has 4 nitrogen and oxygen atoms in total. The predicted molar refractivity (Wildman–Crippen MR) is 66.2 cm³/mol. The maximum absolute atomic E-state index is 11.4. The topological polar surface area (TPSA) is 52.1 Å². The summed E-state index contributed by atoms with van der Waals surface area (Å²) >= 11 is 1.58. The fourth-order valence-corrected chi connectivity index (χ4v) is 2.12. The molecule has 0 atom stereocenters. The standard InChI is InChI=1S/C12H12N2O2S/c1-7-5-13-10(12(15)16-3)4-9(7)11-6-17-8(2)14-11/h4-6H,1-3H3. The zero-order valence-electron chi connectivity index (χ0n) is 9.85. The first-order chi connectivity index (χ1) is 8.11. The van der Waals surface area contributed by atoms with E-state index in [0.717, 1.165) is 21.8 Å². The Morgan fingerprint density at radius 2 is 2.18 bits per heavy atom. The van der Waals surface area contributed by atoms with Crippen molar-refractivity contribution in [2.45, 2.75) is 13.8 Å². The largest absolute Gasteiger partial charge is 0.464 e. The highest BCUT2D eigenvalue weighted by atomic mass is 32.1. The molecule has 2 aromatic rings. The summed E-state index contributed by atoms with van der Waals surface area (Å²) in [5.41, 5.74) is 3.09. The zero-order chi connectivity index (χ0) is 12.4. The second-order valence-corrected chi connectivity index (χ2v) is 4.69. The molecule has 0 amide bonds. The third kappa shape index (κ3) is 2.34. The summed E-state index contributed by atoms with van der Waals surface area (Å²) in [6.45, 7) is 3.89. The van der Waals surface area contributed by atoms with Crippen LogP contribution in [0.2, 0.25) is 0 Å². The molecule has 17 heavy (non-hydrogen) atoms. The summed E-state index contributed by atoms with van der Waals surface area (Å²) in [5.74, 6) is -0.432. The maximum atomic E-state index is 11.4. The lowest BCUT2D eigenvalue weighted by Gasteiger charge is -2.04. The number of hydrogen-bond acceptors (Lipinski definition) is 5. The molecule has 0 N–H and O–H groups in total. The Morgan fingerprint density at radius 1 is 1.41 bits per heavy atom. The van der Waals surface area contributed by atoms with E-state index in [4.69, 9.17) is 0 Å². The van der Waals surface area contributed by atoms with Gasteiger partial charge in [0.2, 0.25) is 0 Å². The van der Waals surface area contributed by atoms with Gasteiger partial charge in [0, 0.05) is 17.1 Å². The second-order valence-electron chi connectivity index (χ2n) is 3.63. The Morgan fingerprint density at radius 3 is 2.76 bits per heavy atom. The molecule has 0 saturated heterocycles. The molecule has 0 saturated carbocycles. The van der Waals surface area contributed by atoms with Crippen molar-refractivity contribution in [3.05, 3.63) is 33.9 Å². The average Bonchev–Trinajstić information content (AvgIpc) is 2.75. The van der Waals surface area contributed by atoms with Crippen LogP contribution in [0, 0.1) is 13.8 Å². The van der Waals surface area contributed by atoms with Crippen LogP contribution in [-0.2, 0) is 4.74 Å². The van der Waals surface area contributed by atoms with Crippen molar-refractivity contribution in [3.8, 4) is 11.3 Å². The lowest BCUT2D eigenvalue weighted by atomic mass is 10.1. The van der Waals surface area contributed by atoms with Crippen molar-refractivity contribution in [1.29, 1.82) is 0 Å². The SMILES string of the molecule is COC(=O)c1cc(-c2csc(C)n2)c(C)cn1. The van der Waals surface area contributed by atoms with Crippen LogP contribution >= 0.6 is 11.3 Å². The number of methoxy groups -OCH3 is 1. The second kappa shape index (κ2) is 4.63. The van der Waals surface area contributed by atoms with E-state index in [9.17, 15) is 4.79 Å².